The average molecular weight is 481 g/mol. The minimum atomic E-state index is -0.875. The molecule has 3 rings (SSSR count). The van der Waals surface area contributed by atoms with Crippen molar-refractivity contribution < 1.29 is 19.1 Å². The van der Waals surface area contributed by atoms with E-state index >= 15 is 0 Å². The van der Waals surface area contributed by atoms with Gasteiger partial charge in [0.25, 0.3) is 5.91 Å². The highest BCUT2D eigenvalue weighted by atomic mass is 32.1. The summed E-state index contributed by atoms with van der Waals surface area (Å²) in [5, 5.41) is 10.3. The maximum atomic E-state index is 12.9. The monoisotopic (exact) mass is 480 g/mol. The van der Waals surface area contributed by atoms with Crippen molar-refractivity contribution in [2.45, 2.75) is 45.4 Å². The van der Waals surface area contributed by atoms with Crippen molar-refractivity contribution in [1.29, 1.82) is 0 Å². The molecule has 2 aromatic heterocycles. The Balaban J connectivity index is 1.90. The molecule has 0 radical (unpaired) electrons. The zero-order valence-corrected chi connectivity index (χ0v) is 19.7. The first-order valence-electron chi connectivity index (χ1n) is 9.83. The van der Waals surface area contributed by atoms with Crippen LogP contribution in [0.1, 0.15) is 42.2 Å². The van der Waals surface area contributed by atoms with E-state index < -0.39 is 24.0 Å². The molecule has 0 saturated carbocycles. The Kier molecular flexibility index (Phi) is 8.22. The summed E-state index contributed by atoms with van der Waals surface area (Å²) in [6.07, 6.45) is 3.40. The molecule has 2 atom stereocenters. The number of carbonyl (C=O) groups excluding carboxylic acids is 3. The van der Waals surface area contributed by atoms with Gasteiger partial charge in [-0.2, -0.15) is 12.6 Å². The van der Waals surface area contributed by atoms with E-state index in [1.54, 1.807) is 11.5 Å². The average Bonchev–Trinajstić information content (AvgIpc) is 3.39. The highest BCUT2D eigenvalue weighted by Crippen LogP contribution is 2.25. The van der Waals surface area contributed by atoms with Crippen molar-refractivity contribution in [3.8, 4) is 10.7 Å². The Morgan fingerprint density at radius 1 is 1.23 bits per heavy atom. The Morgan fingerprint density at radius 2 is 2.00 bits per heavy atom. The van der Waals surface area contributed by atoms with E-state index in [2.05, 4.69) is 33.2 Å². The molecule has 0 saturated heterocycles. The summed E-state index contributed by atoms with van der Waals surface area (Å²) in [7, 11) is 0. The second kappa shape index (κ2) is 10.9. The van der Waals surface area contributed by atoms with Crippen LogP contribution in [-0.4, -0.2) is 45.7 Å². The van der Waals surface area contributed by atoms with E-state index in [0.29, 0.717) is 22.9 Å². The van der Waals surface area contributed by atoms with E-state index in [1.807, 2.05) is 25.3 Å². The molecule has 0 aliphatic carbocycles. The molecule has 4 bridgehead atoms. The first kappa shape index (κ1) is 23.4. The lowest BCUT2D eigenvalue weighted by atomic mass is 10.0. The van der Waals surface area contributed by atoms with Gasteiger partial charge in [0, 0.05) is 10.8 Å². The third kappa shape index (κ3) is 6.37. The maximum absolute atomic E-state index is 12.9. The number of aromatic nitrogens is 2. The second-order valence-corrected chi connectivity index (χ2v) is 9.50. The summed E-state index contributed by atoms with van der Waals surface area (Å²) in [5.41, 5.74) is 0.872. The zero-order valence-electron chi connectivity index (χ0n) is 17.2. The van der Waals surface area contributed by atoms with Crippen LogP contribution in [-0.2, 0) is 20.9 Å². The van der Waals surface area contributed by atoms with Crippen LogP contribution < -0.4 is 10.6 Å². The first-order chi connectivity index (χ1) is 14.9. The molecule has 0 aromatic carbocycles. The lowest BCUT2D eigenvalue weighted by Gasteiger charge is -2.23. The van der Waals surface area contributed by atoms with Crippen LogP contribution in [0.25, 0.3) is 10.7 Å². The largest absolute Gasteiger partial charge is 0.456 e. The summed E-state index contributed by atoms with van der Waals surface area (Å²) in [5.74, 6) is -0.900. The van der Waals surface area contributed by atoms with Crippen LogP contribution in [0.4, 0.5) is 0 Å². The number of ether oxygens (including phenoxy) is 1. The van der Waals surface area contributed by atoms with Crippen LogP contribution >= 0.6 is 35.3 Å². The van der Waals surface area contributed by atoms with Crippen molar-refractivity contribution >= 4 is 53.1 Å². The summed E-state index contributed by atoms with van der Waals surface area (Å²) >= 11 is 6.86. The molecule has 8 nitrogen and oxygen atoms in total. The number of rotatable bonds is 4. The predicted octanol–water partition coefficient (Wildman–Crippen LogP) is 2.83. The quantitative estimate of drug-likeness (QED) is 0.353. The molecule has 2 N–H and O–H groups in total. The minimum Gasteiger partial charge on any atom is -0.456 e. The van der Waals surface area contributed by atoms with E-state index in [0.717, 1.165) is 5.01 Å². The van der Waals surface area contributed by atoms with Crippen LogP contribution in [0.5, 0.6) is 0 Å². The van der Waals surface area contributed by atoms with Crippen molar-refractivity contribution in [3.63, 3.8) is 0 Å². The fraction of sp³-hybridized carbons (Fsp3) is 0.450. The number of allylic oxidation sites excluding steroid dienone is 1. The number of thiazole rings is 2. The van der Waals surface area contributed by atoms with Gasteiger partial charge >= 0.3 is 5.97 Å². The highest BCUT2D eigenvalue weighted by molar-refractivity contribution is 7.80. The third-order valence-corrected chi connectivity index (χ3v) is 6.42. The molecule has 1 aliphatic heterocycles. The molecular weight excluding hydrogens is 456 g/mol. The molecule has 166 valence electrons. The molecule has 31 heavy (non-hydrogen) atoms. The molecule has 1 aliphatic rings. The van der Waals surface area contributed by atoms with Gasteiger partial charge in [-0.05, 0) is 24.2 Å². The Bertz CT molecular complexity index is 969. The number of fused-ring (bicyclic) bond motifs is 5. The minimum absolute atomic E-state index is 0.0283. The van der Waals surface area contributed by atoms with Gasteiger partial charge in [0.05, 0.1) is 13.0 Å². The maximum Gasteiger partial charge on any atom is 0.329 e. The van der Waals surface area contributed by atoms with Gasteiger partial charge in [-0.1, -0.05) is 19.9 Å². The van der Waals surface area contributed by atoms with Gasteiger partial charge < -0.3 is 15.4 Å². The number of hydrogen-bond acceptors (Lipinski definition) is 9. The van der Waals surface area contributed by atoms with Crippen LogP contribution in [0, 0.1) is 5.92 Å². The lowest BCUT2D eigenvalue weighted by molar-refractivity contribution is -0.151. The lowest BCUT2D eigenvalue weighted by Crippen LogP contribution is -2.46. The number of nitrogens with zero attached hydrogens (tertiary/aromatic N) is 2. The van der Waals surface area contributed by atoms with E-state index in [1.165, 1.54) is 22.7 Å². The predicted molar refractivity (Wildman–Crippen MR) is 123 cm³/mol. The molecular formula is C20H24N4O4S3. The summed E-state index contributed by atoms with van der Waals surface area (Å²) in [6, 6.07) is -0.875. The fourth-order valence-electron chi connectivity index (χ4n) is 2.82. The van der Waals surface area contributed by atoms with Crippen LogP contribution in [0.2, 0.25) is 0 Å². The summed E-state index contributed by atoms with van der Waals surface area (Å²) < 4.78 is 5.60. The summed E-state index contributed by atoms with van der Waals surface area (Å²) in [4.78, 5) is 46.9. The molecule has 2 unspecified atom stereocenters. The van der Waals surface area contributed by atoms with Gasteiger partial charge in [-0.3, -0.25) is 9.59 Å². The standard InChI is InChI=1S/C20H24N4O4S3/c1-11(2)17-20(27)28-12(5-3-4-6-29)7-15(25)21-8-16-22-14(10-30-16)19-23-13(9-31-19)18(26)24-17/h3,5,9-12,17,29H,4,6-8H2,1-2H3,(H,21,25)(H,24,26). The fourth-order valence-corrected chi connectivity index (χ4v) is 4.52. The van der Waals surface area contributed by atoms with Crippen LogP contribution in [0.15, 0.2) is 22.9 Å². The highest BCUT2D eigenvalue weighted by Gasteiger charge is 2.29. The van der Waals surface area contributed by atoms with Gasteiger partial charge in [-0.15, -0.1) is 22.7 Å². The number of thiol groups is 1. The first-order valence-corrected chi connectivity index (χ1v) is 12.2. The smallest absolute Gasteiger partial charge is 0.329 e. The van der Waals surface area contributed by atoms with Crippen LogP contribution in [0.3, 0.4) is 0 Å². The molecule has 0 fully saturated rings. The van der Waals surface area contributed by atoms with Gasteiger partial charge in [0.1, 0.15) is 33.5 Å². The number of carbonyl (C=O) groups is 3. The molecule has 11 heteroatoms. The van der Waals surface area contributed by atoms with Gasteiger partial charge in [0.15, 0.2) is 0 Å². The van der Waals surface area contributed by atoms with Crippen molar-refractivity contribution in [2.24, 2.45) is 5.92 Å². The number of cyclic esters (lactones) is 1. The van der Waals surface area contributed by atoms with Crippen molar-refractivity contribution in [3.05, 3.63) is 33.6 Å². The number of nitrogens with one attached hydrogen (secondary N) is 2. The Labute approximate surface area is 193 Å². The molecule has 3 heterocycles. The van der Waals surface area contributed by atoms with Gasteiger partial charge in [0.2, 0.25) is 5.91 Å². The topological polar surface area (TPSA) is 110 Å². The molecule has 2 aromatic rings. The zero-order chi connectivity index (χ0) is 22.4. The Morgan fingerprint density at radius 3 is 2.74 bits per heavy atom. The van der Waals surface area contributed by atoms with Gasteiger partial charge in [-0.25, -0.2) is 14.8 Å². The SMILES string of the molecule is CC(C)C1NC(=O)c2csc(n2)-c2csc(n2)CNC(=O)CC(C=CCCS)OC1=O. The summed E-state index contributed by atoms with van der Waals surface area (Å²) in [6.45, 7) is 3.89. The van der Waals surface area contributed by atoms with Crippen molar-refractivity contribution in [1.82, 2.24) is 20.6 Å². The number of esters is 1. The van der Waals surface area contributed by atoms with E-state index in [9.17, 15) is 14.4 Å². The van der Waals surface area contributed by atoms with Crippen molar-refractivity contribution in [2.75, 3.05) is 5.75 Å². The number of amides is 2. The molecule has 0 spiro atoms. The molecule has 2 amide bonds. The third-order valence-electron chi connectivity index (χ3n) is 4.45. The normalized spacial score (nSPS) is 20.6. The Hall–Kier alpha value is -2.24. The van der Waals surface area contributed by atoms with E-state index in [4.69, 9.17) is 4.74 Å². The number of hydrogen-bond donors (Lipinski definition) is 3. The second-order valence-electron chi connectivity index (χ2n) is 7.26. The van der Waals surface area contributed by atoms with E-state index in [-0.39, 0.29) is 30.5 Å².